The zero-order valence-electron chi connectivity index (χ0n) is 19.5. The zero-order chi connectivity index (χ0) is 22.4. The lowest BCUT2D eigenvalue weighted by atomic mass is 9.86. The molecule has 1 amide bonds. The van der Waals surface area contributed by atoms with Gasteiger partial charge in [-0.1, -0.05) is 57.5 Å². The van der Waals surface area contributed by atoms with Crippen molar-refractivity contribution in [3.05, 3.63) is 35.2 Å². The minimum absolute atomic E-state index is 0.0774. The van der Waals surface area contributed by atoms with Crippen LogP contribution in [0.4, 0.5) is 0 Å². The van der Waals surface area contributed by atoms with Crippen LogP contribution in [0.15, 0.2) is 23.4 Å². The fourth-order valence-electron chi connectivity index (χ4n) is 4.15. The second kappa shape index (κ2) is 11.0. The van der Waals surface area contributed by atoms with Crippen molar-refractivity contribution in [3.63, 3.8) is 0 Å². The van der Waals surface area contributed by atoms with E-state index in [1.165, 1.54) is 42.2 Å². The van der Waals surface area contributed by atoms with Gasteiger partial charge in [-0.05, 0) is 55.7 Å². The van der Waals surface area contributed by atoms with Gasteiger partial charge >= 0.3 is 0 Å². The van der Waals surface area contributed by atoms with Gasteiger partial charge in [0.25, 0.3) is 0 Å². The maximum atomic E-state index is 12.5. The van der Waals surface area contributed by atoms with Gasteiger partial charge in [0.2, 0.25) is 5.91 Å². The van der Waals surface area contributed by atoms with E-state index >= 15 is 0 Å². The molecule has 31 heavy (non-hydrogen) atoms. The number of hydrogen-bond donors (Lipinski definition) is 1. The van der Waals surface area contributed by atoms with Crippen molar-refractivity contribution >= 4 is 17.7 Å². The van der Waals surface area contributed by atoms with Crippen LogP contribution in [0.2, 0.25) is 0 Å². The van der Waals surface area contributed by atoms with Crippen molar-refractivity contribution in [3.8, 4) is 5.75 Å². The lowest BCUT2D eigenvalue weighted by Crippen LogP contribution is -2.41. The predicted octanol–water partition coefficient (Wildman–Crippen LogP) is 5.10. The van der Waals surface area contributed by atoms with Crippen molar-refractivity contribution < 1.29 is 9.53 Å². The molecule has 0 spiro atoms. The number of ether oxygens (including phenoxy) is 1. The van der Waals surface area contributed by atoms with Crippen molar-refractivity contribution in [2.24, 2.45) is 5.92 Å². The molecule has 3 rings (SSSR count). The minimum atomic E-state index is 0.0774. The highest BCUT2D eigenvalue weighted by atomic mass is 32.2. The van der Waals surface area contributed by atoms with Gasteiger partial charge in [-0.2, -0.15) is 0 Å². The van der Waals surface area contributed by atoms with Crippen molar-refractivity contribution in [2.45, 2.75) is 90.6 Å². The van der Waals surface area contributed by atoms with Gasteiger partial charge in [-0.15, -0.1) is 10.2 Å². The molecule has 0 unspecified atom stereocenters. The fraction of sp³-hybridized carbons (Fsp3) is 0.625. The highest BCUT2D eigenvalue weighted by Crippen LogP contribution is 2.28. The topological polar surface area (TPSA) is 69.0 Å². The van der Waals surface area contributed by atoms with E-state index in [1.807, 2.05) is 4.57 Å². The quantitative estimate of drug-likeness (QED) is 0.545. The molecule has 1 heterocycles. The molecule has 7 heteroatoms. The first kappa shape index (κ1) is 23.6. The van der Waals surface area contributed by atoms with Crippen LogP contribution in [-0.4, -0.2) is 32.5 Å². The van der Waals surface area contributed by atoms with E-state index in [0.717, 1.165) is 29.7 Å². The van der Waals surface area contributed by atoms with E-state index in [0.29, 0.717) is 30.2 Å². The van der Waals surface area contributed by atoms with Crippen LogP contribution in [-0.2, 0) is 17.9 Å². The van der Waals surface area contributed by atoms with E-state index in [9.17, 15) is 4.79 Å². The molecule has 170 valence electrons. The number of benzene rings is 1. The number of thioether (sulfide) groups is 1. The Morgan fingerprint density at radius 3 is 2.77 bits per heavy atom. The van der Waals surface area contributed by atoms with Crippen LogP contribution in [0.1, 0.15) is 76.2 Å². The third-order valence-electron chi connectivity index (χ3n) is 6.05. The SMILES string of the molecule is CCn1c(COc2cc(C)ccc2C(C)C)nnc1SCC(=O)N[C@@H]1CCCC[C@@H]1C. The van der Waals surface area contributed by atoms with E-state index in [4.69, 9.17) is 4.74 Å². The zero-order valence-corrected chi connectivity index (χ0v) is 20.3. The van der Waals surface area contributed by atoms with Gasteiger partial charge in [-0.25, -0.2) is 0 Å². The lowest BCUT2D eigenvalue weighted by Gasteiger charge is -2.29. The Bertz CT molecular complexity index is 880. The van der Waals surface area contributed by atoms with E-state index in [1.54, 1.807) is 0 Å². The molecule has 2 atom stereocenters. The third-order valence-corrected chi connectivity index (χ3v) is 7.01. The summed E-state index contributed by atoms with van der Waals surface area (Å²) in [5, 5.41) is 12.6. The second-order valence-corrected chi connectivity index (χ2v) is 9.79. The number of carbonyl (C=O) groups is 1. The van der Waals surface area contributed by atoms with Crippen LogP contribution >= 0.6 is 11.8 Å². The highest BCUT2D eigenvalue weighted by molar-refractivity contribution is 7.99. The van der Waals surface area contributed by atoms with Crippen LogP contribution in [0.3, 0.4) is 0 Å². The molecule has 6 nitrogen and oxygen atoms in total. The van der Waals surface area contributed by atoms with Crippen molar-refractivity contribution in [2.75, 3.05) is 5.75 Å². The summed E-state index contributed by atoms with van der Waals surface area (Å²) in [6.45, 7) is 11.8. The van der Waals surface area contributed by atoms with E-state index in [2.05, 4.69) is 68.3 Å². The average molecular weight is 445 g/mol. The summed E-state index contributed by atoms with van der Waals surface area (Å²) in [6.07, 6.45) is 4.76. The average Bonchev–Trinajstić information content (AvgIpc) is 3.14. The second-order valence-electron chi connectivity index (χ2n) is 8.85. The molecule has 1 aliphatic rings. The minimum Gasteiger partial charge on any atom is -0.485 e. The molecule has 1 aliphatic carbocycles. The molecular weight excluding hydrogens is 408 g/mol. The number of aromatic nitrogens is 3. The number of nitrogens with zero attached hydrogens (tertiary/aromatic N) is 3. The standard InChI is InChI=1S/C24H36N4O2S/c1-6-28-22(14-30-21-13-17(4)11-12-19(21)16(2)3)26-27-24(28)31-15-23(29)25-20-10-8-7-9-18(20)5/h11-13,16,18,20H,6-10,14-15H2,1-5H3,(H,25,29)/t18-,20+/m0/s1. The first-order valence-electron chi connectivity index (χ1n) is 11.5. The molecule has 0 bridgehead atoms. The molecule has 1 N–H and O–H groups in total. The summed E-state index contributed by atoms with van der Waals surface area (Å²) in [6, 6.07) is 6.63. The highest BCUT2D eigenvalue weighted by Gasteiger charge is 2.23. The molecule has 2 aromatic rings. The number of nitrogens with one attached hydrogen (secondary N) is 1. The molecule has 0 saturated heterocycles. The maximum Gasteiger partial charge on any atom is 0.230 e. The molecule has 1 aromatic carbocycles. The fourth-order valence-corrected chi connectivity index (χ4v) is 4.98. The van der Waals surface area contributed by atoms with Gasteiger partial charge in [0.1, 0.15) is 12.4 Å². The Morgan fingerprint density at radius 1 is 1.29 bits per heavy atom. The molecule has 0 aliphatic heterocycles. The normalized spacial score (nSPS) is 18.9. The molecule has 1 saturated carbocycles. The summed E-state index contributed by atoms with van der Waals surface area (Å²) in [5.74, 6) is 3.06. The number of carbonyl (C=O) groups excluding carboxylic acids is 1. The smallest absolute Gasteiger partial charge is 0.230 e. The monoisotopic (exact) mass is 444 g/mol. The number of hydrogen-bond acceptors (Lipinski definition) is 5. The van der Waals surface area contributed by atoms with E-state index in [-0.39, 0.29) is 5.91 Å². The number of amides is 1. The van der Waals surface area contributed by atoms with Gasteiger partial charge in [0.15, 0.2) is 11.0 Å². The largest absolute Gasteiger partial charge is 0.485 e. The van der Waals surface area contributed by atoms with Crippen LogP contribution in [0.25, 0.3) is 0 Å². The van der Waals surface area contributed by atoms with Crippen LogP contribution < -0.4 is 10.1 Å². The van der Waals surface area contributed by atoms with Gasteiger partial charge in [0.05, 0.1) is 5.75 Å². The summed E-state index contributed by atoms with van der Waals surface area (Å²) in [4.78, 5) is 12.5. The summed E-state index contributed by atoms with van der Waals surface area (Å²) < 4.78 is 8.18. The van der Waals surface area contributed by atoms with Gasteiger partial charge in [-0.3, -0.25) is 4.79 Å². The Labute approximate surface area is 190 Å². The summed E-state index contributed by atoms with van der Waals surface area (Å²) >= 11 is 1.44. The summed E-state index contributed by atoms with van der Waals surface area (Å²) in [7, 11) is 0. The Balaban J connectivity index is 1.59. The molecule has 1 fully saturated rings. The third kappa shape index (κ3) is 6.25. The van der Waals surface area contributed by atoms with Crippen molar-refractivity contribution in [1.29, 1.82) is 0 Å². The number of aryl methyl sites for hydroxylation is 1. The lowest BCUT2D eigenvalue weighted by molar-refractivity contribution is -0.119. The Hall–Kier alpha value is -2.02. The van der Waals surface area contributed by atoms with E-state index < -0.39 is 0 Å². The van der Waals surface area contributed by atoms with Crippen molar-refractivity contribution in [1.82, 2.24) is 20.1 Å². The number of rotatable bonds is 9. The molecule has 0 radical (unpaired) electrons. The maximum absolute atomic E-state index is 12.5. The van der Waals surface area contributed by atoms with Gasteiger partial charge in [0, 0.05) is 12.6 Å². The molecular formula is C24H36N4O2S. The Morgan fingerprint density at radius 2 is 2.06 bits per heavy atom. The van der Waals surface area contributed by atoms with Crippen LogP contribution in [0, 0.1) is 12.8 Å². The predicted molar refractivity (Wildman–Crippen MR) is 126 cm³/mol. The van der Waals surface area contributed by atoms with Gasteiger partial charge < -0.3 is 14.6 Å². The first-order valence-corrected chi connectivity index (χ1v) is 12.4. The first-order chi connectivity index (χ1) is 14.9. The Kier molecular flexibility index (Phi) is 8.41. The summed E-state index contributed by atoms with van der Waals surface area (Å²) in [5.41, 5.74) is 2.36. The van der Waals surface area contributed by atoms with Crippen LogP contribution in [0.5, 0.6) is 5.75 Å². The molecule has 1 aromatic heterocycles.